The fourth-order valence-electron chi connectivity index (χ4n) is 3.50. The Morgan fingerprint density at radius 2 is 1.77 bits per heavy atom. The molecular weight excluding hydrogens is 333 g/mol. The van der Waals surface area contributed by atoms with Gasteiger partial charge in [0.15, 0.2) is 0 Å². The molecule has 130 valence electrons. The maximum absolute atomic E-state index is 13.9. The lowest BCUT2D eigenvalue weighted by Crippen LogP contribution is -2.36. The van der Waals surface area contributed by atoms with Crippen molar-refractivity contribution in [1.29, 1.82) is 0 Å². The monoisotopic (exact) mass is 349 g/mol. The number of rotatable bonds is 1. The van der Waals surface area contributed by atoms with Crippen molar-refractivity contribution in [3.05, 3.63) is 77.6 Å². The standard InChI is InChI=1S/C21H16FNO3/c1-12-15-4-2-3-5-16(15)17-8-6-13(22)10-19(17)23(12)21(26)18-9-7-14(24)11-20(18)25/h2-12,24-25H,1H3/t12-/m1/s1. The first-order chi connectivity index (χ1) is 12.5. The van der Waals surface area contributed by atoms with Crippen molar-refractivity contribution in [3.63, 3.8) is 0 Å². The summed E-state index contributed by atoms with van der Waals surface area (Å²) in [5, 5.41) is 19.6. The molecule has 1 aliphatic rings. The Balaban J connectivity index is 1.92. The van der Waals surface area contributed by atoms with Gasteiger partial charge in [0.2, 0.25) is 0 Å². The summed E-state index contributed by atoms with van der Waals surface area (Å²) < 4.78 is 13.9. The molecule has 1 amide bonds. The second-order valence-electron chi connectivity index (χ2n) is 6.30. The number of halogens is 1. The second kappa shape index (κ2) is 5.88. The topological polar surface area (TPSA) is 60.8 Å². The molecule has 2 N–H and O–H groups in total. The highest BCUT2D eigenvalue weighted by Gasteiger charge is 2.33. The minimum absolute atomic E-state index is 0.0456. The molecule has 3 aromatic rings. The molecule has 1 aliphatic heterocycles. The largest absolute Gasteiger partial charge is 0.508 e. The summed E-state index contributed by atoms with van der Waals surface area (Å²) in [7, 11) is 0. The molecule has 4 rings (SSSR count). The van der Waals surface area contributed by atoms with Crippen molar-refractivity contribution in [2.45, 2.75) is 13.0 Å². The van der Waals surface area contributed by atoms with E-state index in [4.69, 9.17) is 0 Å². The van der Waals surface area contributed by atoms with Crippen molar-refractivity contribution >= 4 is 11.6 Å². The molecular formula is C21H16FNO3. The zero-order chi connectivity index (χ0) is 18.4. The van der Waals surface area contributed by atoms with Crippen LogP contribution in [0.2, 0.25) is 0 Å². The van der Waals surface area contributed by atoms with Crippen LogP contribution in [0.3, 0.4) is 0 Å². The van der Waals surface area contributed by atoms with Crippen LogP contribution < -0.4 is 4.90 Å². The Kier molecular flexibility index (Phi) is 3.65. The first kappa shape index (κ1) is 16.1. The highest BCUT2D eigenvalue weighted by atomic mass is 19.1. The number of amides is 1. The van der Waals surface area contributed by atoms with Gasteiger partial charge in [-0.15, -0.1) is 0 Å². The molecule has 26 heavy (non-hydrogen) atoms. The maximum Gasteiger partial charge on any atom is 0.262 e. The molecule has 5 heteroatoms. The van der Waals surface area contributed by atoms with Gasteiger partial charge >= 0.3 is 0 Å². The lowest BCUT2D eigenvalue weighted by Gasteiger charge is -2.37. The second-order valence-corrected chi connectivity index (χ2v) is 6.30. The van der Waals surface area contributed by atoms with Crippen LogP contribution >= 0.6 is 0 Å². The van der Waals surface area contributed by atoms with Gasteiger partial charge in [0.25, 0.3) is 5.91 Å². The quantitative estimate of drug-likeness (QED) is 0.674. The normalized spacial score (nSPS) is 15.3. The van der Waals surface area contributed by atoms with Crippen LogP contribution in [0, 0.1) is 5.82 Å². The molecule has 3 aromatic carbocycles. The first-order valence-corrected chi connectivity index (χ1v) is 8.22. The molecule has 1 atom stereocenters. The molecule has 0 aromatic heterocycles. The number of carbonyl (C=O) groups is 1. The van der Waals surface area contributed by atoms with E-state index in [1.54, 1.807) is 6.07 Å². The van der Waals surface area contributed by atoms with Crippen LogP contribution in [-0.4, -0.2) is 16.1 Å². The minimum atomic E-state index is -0.462. The molecule has 0 spiro atoms. The number of hydrogen-bond acceptors (Lipinski definition) is 3. The Labute approximate surface area is 149 Å². The molecule has 0 unspecified atom stereocenters. The number of benzene rings is 3. The predicted molar refractivity (Wildman–Crippen MR) is 96.8 cm³/mol. The van der Waals surface area contributed by atoms with Crippen LogP contribution in [-0.2, 0) is 0 Å². The lowest BCUT2D eigenvalue weighted by molar-refractivity contribution is 0.0975. The van der Waals surface area contributed by atoms with E-state index in [0.29, 0.717) is 5.69 Å². The van der Waals surface area contributed by atoms with Crippen LogP contribution in [0.5, 0.6) is 11.5 Å². The van der Waals surface area contributed by atoms with Gasteiger partial charge in [-0.1, -0.05) is 24.3 Å². The van der Waals surface area contributed by atoms with Gasteiger partial charge in [-0.2, -0.15) is 0 Å². The van der Waals surface area contributed by atoms with Crippen LogP contribution in [0.4, 0.5) is 10.1 Å². The zero-order valence-corrected chi connectivity index (χ0v) is 14.0. The predicted octanol–water partition coefficient (Wildman–Crippen LogP) is 4.63. The first-order valence-electron chi connectivity index (χ1n) is 8.22. The Morgan fingerprint density at radius 3 is 2.54 bits per heavy atom. The number of hydrogen-bond donors (Lipinski definition) is 2. The smallest absolute Gasteiger partial charge is 0.262 e. The summed E-state index contributed by atoms with van der Waals surface area (Å²) in [4.78, 5) is 14.7. The molecule has 0 bridgehead atoms. The van der Waals surface area contributed by atoms with E-state index in [9.17, 15) is 19.4 Å². The number of carbonyl (C=O) groups excluding carboxylic acids is 1. The molecule has 1 heterocycles. The molecule has 0 fully saturated rings. The zero-order valence-electron chi connectivity index (χ0n) is 14.0. The average molecular weight is 349 g/mol. The van der Waals surface area contributed by atoms with Gasteiger partial charge in [0.05, 0.1) is 17.3 Å². The number of fused-ring (bicyclic) bond motifs is 3. The Bertz CT molecular complexity index is 1030. The van der Waals surface area contributed by atoms with E-state index in [1.807, 2.05) is 31.2 Å². The number of aromatic hydroxyl groups is 2. The SMILES string of the molecule is C[C@@H]1c2ccccc2-c2ccc(F)cc2N1C(=O)c1ccc(O)cc1O. The fourth-order valence-corrected chi connectivity index (χ4v) is 3.50. The summed E-state index contributed by atoms with van der Waals surface area (Å²) in [5.74, 6) is -1.36. The number of phenols is 2. The van der Waals surface area contributed by atoms with Gasteiger partial charge in [0.1, 0.15) is 17.3 Å². The van der Waals surface area contributed by atoms with Crippen molar-refractivity contribution in [2.24, 2.45) is 0 Å². The van der Waals surface area contributed by atoms with Crippen molar-refractivity contribution < 1.29 is 19.4 Å². The molecule has 4 nitrogen and oxygen atoms in total. The van der Waals surface area contributed by atoms with Gasteiger partial charge in [0, 0.05) is 11.6 Å². The van der Waals surface area contributed by atoms with E-state index in [2.05, 4.69) is 0 Å². The van der Waals surface area contributed by atoms with Crippen LogP contribution in [0.25, 0.3) is 11.1 Å². The summed E-state index contributed by atoms with van der Waals surface area (Å²) in [6.07, 6.45) is 0. The summed E-state index contributed by atoms with van der Waals surface area (Å²) in [6, 6.07) is 15.5. The maximum atomic E-state index is 13.9. The van der Waals surface area contributed by atoms with Crippen LogP contribution in [0.15, 0.2) is 60.7 Å². The Hall–Kier alpha value is -3.34. The fraction of sp³-hybridized carbons (Fsp3) is 0.0952. The summed E-state index contributed by atoms with van der Waals surface area (Å²) in [6.45, 7) is 1.86. The molecule has 0 radical (unpaired) electrons. The van der Waals surface area contributed by atoms with E-state index in [1.165, 1.54) is 29.2 Å². The van der Waals surface area contributed by atoms with E-state index in [-0.39, 0.29) is 23.1 Å². The highest BCUT2D eigenvalue weighted by molar-refractivity contribution is 6.11. The van der Waals surface area contributed by atoms with E-state index < -0.39 is 11.7 Å². The van der Waals surface area contributed by atoms with E-state index in [0.717, 1.165) is 22.8 Å². The van der Waals surface area contributed by atoms with Crippen LogP contribution in [0.1, 0.15) is 28.9 Å². The average Bonchev–Trinajstić information content (AvgIpc) is 2.61. The van der Waals surface area contributed by atoms with Gasteiger partial charge in [-0.05, 0) is 48.4 Å². The number of anilines is 1. The Morgan fingerprint density at radius 1 is 1.00 bits per heavy atom. The minimum Gasteiger partial charge on any atom is -0.508 e. The van der Waals surface area contributed by atoms with E-state index >= 15 is 0 Å². The third-order valence-corrected chi connectivity index (χ3v) is 4.74. The van der Waals surface area contributed by atoms with Gasteiger partial charge < -0.3 is 15.1 Å². The summed E-state index contributed by atoms with van der Waals surface area (Å²) in [5.41, 5.74) is 3.15. The summed E-state index contributed by atoms with van der Waals surface area (Å²) >= 11 is 0. The van der Waals surface area contributed by atoms with Crippen molar-refractivity contribution in [1.82, 2.24) is 0 Å². The highest BCUT2D eigenvalue weighted by Crippen LogP contribution is 2.45. The number of phenolic OH excluding ortho intramolecular Hbond substituents is 2. The molecule has 0 saturated heterocycles. The molecule has 0 aliphatic carbocycles. The van der Waals surface area contributed by atoms with Gasteiger partial charge in [-0.25, -0.2) is 4.39 Å². The van der Waals surface area contributed by atoms with Gasteiger partial charge in [-0.3, -0.25) is 4.79 Å². The molecule has 0 saturated carbocycles. The lowest BCUT2D eigenvalue weighted by atomic mass is 9.88. The third-order valence-electron chi connectivity index (χ3n) is 4.74. The third kappa shape index (κ3) is 2.40. The van der Waals surface area contributed by atoms with Crippen molar-refractivity contribution in [2.75, 3.05) is 4.90 Å². The van der Waals surface area contributed by atoms with Crippen molar-refractivity contribution in [3.8, 4) is 22.6 Å². The number of nitrogens with zero attached hydrogens (tertiary/aromatic N) is 1.